The molecular weight excluding hydrogens is 318 g/mol. The second-order valence-corrected chi connectivity index (χ2v) is 7.28. The molecule has 2 aliphatic heterocycles. The second kappa shape index (κ2) is 6.94. The Labute approximate surface area is 148 Å². The van der Waals surface area contributed by atoms with Gasteiger partial charge in [-0.1, -0.05) is 19.3 Å². The molecule has 25 heavy (non-hydrogen) atoms. The highest BCUT2D eigenvalue weighted by Crippen LogP contribution is 2.36. The van der Waals surface area contributed by atoms with Crippen molar-refractivity contribution in [3.05, 3.63) is 24.3 Å². The summed E-state index contributed by atoms with van der Waals surface area (Å²) in [5, 5.41) is 2.99. The summed E-state index contributed by atoms with van der Waals surface area (Å²) in [5.41, 5.74) is 1.55. The molecule has 0 radical (unpaired) electrons. The van der Waals surface area contributed by atoms with Crippen molar-refractivity contribution in [1.82, 2.24) is 4.90 Å². The molecule has 0 bridgehead atoms. The molecular formula is C19H25N3O3. The van der Waals surface area contributed by atoms with Crippen LogP contribution in [0, 0.1) is 11.8 Å². The Morgan fingerprint density at radius 1 is 1.04 bits per heavy atom. The van der Waals surface area contributed by atoms with Gasteiger partial charge in [-0.3, -0.25) is 4.90 Å². The molecule has 1 aromatic rings. The third-order valence-corrected chi connectivity index (χ3v) is 5.77. The smallest absolute Gasteiger partial charge is 0.414 e. The van der Waals surface area contributed by atoms with Crippen molar-refractivity contribution in [1.29, 1.82) is 0 Å². The van der Waals surface area contributed by atoms with Crippen LogP contribution < -0.4 is 10.2 Å². The molecule has 0 aromatic heterocycles. The van der Waals surface area contributed by atoms with E-state index in [4.69, 9.17) is 4.74 Å². The number of hydrogen-bond acceptors (Lipinski definition) is 3. The van der Waals surface area contributed by atoms with Crippen LogP contribution in [0.1, 0.15) is 32.1 Å². The van der Waals surface area contributed by atoms with Gasteiger partial charge in [0.25, 0.3) is 0 Å². The maximum atomic E-state index is 12.6. The second-order valence-electron chi connectivity index (χ2n) is 7.28. The number of urea groups is 1. The monoisotopic (exact) mass is 343 g/mol. The van der Waals surface area contributed by atoms with Crippen LogP contribution in [-0.2, 0) is 4.74 Å². The van der Waals surface area contributed by atoms with Crippen LogP contribution in [0.4, 0.5) is 21.0 Å². The maximum absolute atomic E-state index is 12.6. The summed E-state index contributed by atoms with van der Waals surface area (Å²) >= 11 is 0. The van der Waals surface area contributed by atoms with Crippen LogP contribution in [0.3, 0.4) is 0 Å². The first-order valence-corrected chi connectivity index (χ1v) is 9.31. The highest BCUT2D eigenvalue weighted by Gasteiger charge is 2.33. The summed E-state index contributed by atoms with van der Waals surface area (Å²) in [7, 11) is 0. The average Bonchev–Trinajstić information content (AvgIpc) is 3.08. The van der Waals surface area contributed by atoms with E-state index in [1.807, 2.05) is 29.2 Å². The Kier molecular flexibility index (Phi) is 4.51. The molecule has 2 atom stereocenters. The molecule has 2 saturated heterocycles. The number of rotatable bonds is 2. The standard InChI is InChI=1S/C19H25N3O3/c23-18(21-10-9-14-3-1-2-4-15(14)13-21)20-16-5-7-17(8-6-16)22-11-12-25-19(22)24/h5-8,14-15H,1-4,9-13H2,(H,20,23). The molecule has 1 saturated carbocycles. The molecule has 1 N–H and O–H groups in total. The van der Waals surface area contributed by atoms with Crippen LogP contribution in [0.2, 0.25) is 0 Å². The number of cyclic esters (lactones) is 1. The quantitative estimate of drug-likeness (QED) is 0.891. The van der Waals surface area contributed by atoms with Gasteiger partial charge in [-0.05, 0) is 48.9 Å². The fraction of sp³-hybridized carbons (Fsp3) is 0.579. The lowest BCUT2D eigenvalue weighted by molar-refractivity contribution is 0.108. The molecule has 6 nitrogen and oxygen atoms in total. The predicted octanol–water partition coefficient (Wildman–Crippen LogP) is 3.69. The van der Waals surface area contributed by atoms with Crippen LogP contribution >= 0.6 is 0 Å². The first-order valence-electron chi connectivity index (χ1n) is 9.31. The molecule has 1 aliphatic carbocycles. The summed E-state index contributed by atoms with van der Waals surface area (Å²) in [6, 6.07) is 7.35. The van der Waals surface area contributed by atoms with Gasteiger partial charge in [-0.25, -0.2) is 9.59 Å². The molecule has 3 amide bonds. The fourth-order valence-corrected chi connectivity index (χ4v) is 4.34. The van der Waals surface area contributed by atoms with E-state index in [0.717, 1.165) is 36.8 Å². The Morgan fingerprint density at radius 2 is 1.80 bits per heavy atom. The summed E-state index contributed by atoms with van der Waals surface area (Å²) in [6.07, 6.45) is 6.07. The lowest BCUT2D eigenvalue weighted by Gasteiger charge is -2.41. The van der Waals surface area contributed by atoms with Gasteiger partial charge in [-0.15, -0.1) is 0 Å². The van der Waals surface area contributed by atoms with E-state index in [2.05, 4.69) is 5.32 Å². The zero-order chi connectivity index (χ0) is 17.2. The summed E-state index contributed by atoms with van der Waals surface area (Å²) in [4.78, 5) is 27.7. The number of carbonyl (C=O) groups excluding carboxylic acids is 2. The Hall–Kier alpha value is -2.24. The van der Waals surface area contributed by atoms with Gasteiger partial charge < -0.3 is 15.0 Å². The molecule has 134 valence electrons. The minimum absolute atomic E-state index is 0.0163. The van der Waals surface area contributed by atoms with E-state index in [9.17, 15) is 9.59 Å². The zero-order valence-corrected chi connectivity index (χ0v) is 14.4. The van der Waals surface area contributed by atoms with Crippen molar-refractivity contribution in [3.8, 4) is 0 Å². The van der Waals surface area contributed by atoms with Gasteiger partial charge in [0.15, 0.2) is 0 Å². The van der Waals surface area contributed by atoms with E-state index in [-0.39, 0.29) is 12.1 Å². The highest BCUT2D eigenvalue weighted by molar-refractivity contribution is 5.91. The lowest BCUT2D eigenvalue weighted by Crippen LogP contribution is -2.46. The molecule has 0 spiro atoms. The van der Waals surface area contributed by atoms with Crippen molar-refractivity contribution in [2.75, 3.05) is 36.5 Å². The number of nitrogens with one attached hydrogen (secondary N) is 1. The number of fused-ring (bicyclic) bond motifs is 1. The number of benzene rings is 1. The predicted molar refractivity (Wildman–Crippen MR) is 95.8 cm³/mol. The Morgan fingerprint density at radius 3 is 2.52 bits per heavy atom. The largest absolute Gasteiger partial charge is 0.447 e. The Bertz CT molecular complexity index is 646. The van der Waals surface area contributed by atoms with Crippen molar-refractivity contribution in [2.24, 2.45) is 11.8 Å². The third kappa shape index (κ3) is 3.43. The van der Waals surface area contributed by atoms with Crippen molar-refractivity contribution in [2.45, 2.75) is 32.1 Å². The molecule has 3 aliphatic rings. The average molecular weight is 343 g/mol. The van der Waals surface area contributed by atoms with E-state index < -0.39 is 0 Å². The Balaban J connectivity index is 1.35. The minimum Gasteiger partial charge on any atom is -0.447 e. The van der Waals surface area contributed by atoms with Gasteiger partial charge in [0.1, 0.15) is 6.61 Å². The summed E-state index contributed by atoms with van der Waals surface area (Å²) in [6.45, 7) is 2.73. The van der Waals surface area contributed by atoms with Gasteiger partial charge in [0.2, 0.25) is 0 Å². The summed E-state index contributed by atoms with van der Waals surface area (Å²) < 4.78 is 4.95. The van der Waals surface area contributed by atoms with Crippen molar-refractivity contribution < 1.29 is 14.3 Å². The third-order valence-electron chi connectivity index (χ3n) is 5.77. The molecule has 2 unspecified atom stereocenters. The van der Waals surface area contributed by atoms with Gasteiger partial charge >= 0.3 is 12.1 Å². The maximum Gasteiger partial charge on any atom is 0.414 e. The number of anilines is 2. The normalized spacial score (nSPS) is 26.2. The number of amides is 3. The number of nitrogens with zero attached hydrogens (tertiary/aromatic N) is 2. The number of hydrogen-bond donors (Lipinski definition) is 1. The summed E-state index contributed by atoms with van der Waals surface area (Å²) in [5.74, 6) is 1.49. The van der Waals surface area contributed by atoms with Gasteiger partial charge in [0, 0.05) is 24.5 Å². The van der Waals surface area contributed by atoms with E-state index in [1.54, 1.807) is 4.90 Å². The van der Waals surface area contributed by atoms with E-state index in [1.165, 1.54) is 25.7 Å². The number of likely N-dealkylation sites (tertiary alicyclic amines) is 1. The number of ether oxygens (including phenoxy) is 1. The van der Waals surface area contributed by atoms with Crippen molar-refractivity contribution in [3.63, 3.8) is 0 Å². The minimum atomic E-state index is -0.313. The van der Waals surface area contributed by atoms with Gasteiger partial charge in [0.05, 0.1) is 6.54 Å². The van der Waals surface area contributed by atoms with Gasteiger partial charge in [-0.2, -0.15) is 0 Å². The van der Waals surface area contributed by atoms with Crippen LogP contribution in [0.25, 0.3) is 0 Å². The van der Waals surface area contributed by atoms with Crippen molar-refractivity contribution >= 4 is 23.5 Å². The van der Waals surface area contributed by atoms with Crippen LogP contribution in [0.5, 0.6) is 0 Å². The SMILES string of the molecule is O=C(Nc1ccc(N2CCOC2=O)cc1)N1CCC2CCCCC2C1. The molecule has 4 rings (SSSR count). The zero-order valence-electron chi connectivity index (χ0n) is 14.4. The molecule has 1 aromatic carbocycles. The fourth-order valence-electron chi connectivity index (χ4n) is 4.34. The number of piperidine rings is 1. The first kappa shape index (κ1) is 16.2. The van der Waals surface area contributed by atoms with E-state index in [0.29, 0.717) is 19.1 Å². The molecule has 2 heterocycles. The number of carbonyl (C=O) groups is 2. The van der Waals surface area contributed by atoms with E-state index >= 15 is 0 Å². The van der Waals surface area contributed by atoms with Crippen LogP contribution in [0.15, 0.2) is 24.3 Å². The van der Waals surface area contributed by atoms with Crippen LogP contribution in [-0.4, -0.2) is 43.3 Å². The highest BCUT2D eigenvalue weighted by atomic mass is 16.6. The first-order chi connectivity index (χ1) is 12.2. The molecule has 6 heteroatoms. The topological polar surface area (TPSA) is 61.9 Å². The lowest BCUT2D eigenvalue weighted by atomic mass is 9.75. The molecule has 3 fully saturated rings.